The average molecular weight is 564 g/mol. The molecular formula is C27H37N3O6S2. The molecule has 0 radical (unpaired) electrons. The Morgan fingerprint density at radius 1 is 1.00 bits per heavy atom. The molecule has 4 N–H and O–H groups in total. The van der Waals surface area contributed by atoms with Crippen LogP contribution >= 0.6 is 21.6 Å². The molecule has 2 heterocycles. The molecule has 9 nitrogen and oxygen atoms in total. The molecule has 0 aliphatic carbocycles. The first-order chi connectivity index (χ1) is 18.1. The van der Waals surface area contributed by atoms with Crippen molar-refractivity contribution in [1.29, 1.82) is 0 Å². The minimum Gasteiger partial charge on any atom is -0.457 e. The van der Waals surface area contributed by atoms with Crippen LogP contribution in [0, 0.1) is 12.8 Å². The lowest BCUT2D eigenvalue weighted by molar-refractivity contribution is -0.150. The number of fused-ring (bicyclic) bond motifs is 6. The van der Waals surface area contributed by atoms with Crippen molar-refractivity contribution in [2.75, 3.05) is 11.5 Å². The third-order valence-electron chi connectivity index (χ3n) is 6.41. The summed E-state index contributed by atoms with van der Waals surface area (Å²) in [6.45, 7) is 5.80. The zero-order valence-electron chi connectivity index (χ0n) is 22.0. The largest absolute Gasteiger partial charge is 0.457 e. The number of nitrogens with one attached hydrogen (secondary N) is 3. The van der Waals surface area contributed by atoms with Crippen molar-refractivity contribution in [1.82, 2.24) is 16.0 Å². The number of amides is 3. The van der Waals surface area contributed by atoms with Crippen LogP contribution in [-0.2, 0) is 30.3 Å². The van der Waals surface area contributed by atoms with E-state index in [0.29, 0.717) is 11.5 Å². The van der Waals surface area contributed by atoms with E-state index < -0.39 is 48.1 Å². The molecule has 0 spiro atoms. The summed E-state index contributed by atoms with van der Waals surface area (Å²) in [4.78, 5) is 52.5. The molecule has 38 heavy (non-hydrogen) atoms. The van der Waals surface area contributed by atoms with Crippen molar-refractivity contribution in [3.8, 4) is 0 Å². The molecule has 11 heteroatoms. The second-order valence-electron chi connectivity index (χ2n) is 10.1. The number of esters is 1. The predicted molar refractivity (Wildman–Crippen MR) is 149 cm³/mol. The number of carbonyl (C=O) groups is 4. The van der Waals surface area contributed by atoms with Gasteiger partial charge in [0.25, 0.3) is 0 Å². The molecule has 0 unspecified atom stereocenters. The maximum atomic E-state index is 13.5. The fourth-order valence-corrected chi connectivity index (χ4v) is 6.16. The van der Waals surface area contributed by atoms with Gasteiger partial charge in [-0.25, -0.2) is 0 Å². The second kappa shape index (κ2) is 14.6. The molecule has 2 aliphatic heterocycles. The summed E-state index contributed by atoms with van der Waals surface area (Å²) in [7, 11) is 2.94. The van der Waals surface area contributed by atoms with E-state index in [1.54, 1.807) is 6.08 Å². The van der Waals surface area contributed by atoms with Gasteiger partial charge in [-0.05, 0) is 30.9 Å². The van der Waals surface area contributed by atoms with Gasteiger partial charge in [0.2, 0.25) is 17.7 Å². The number of benzene rings is 1. The maximum absolute atomic E-state index is 13.5. The monoisotopic (exact) mass is 563 g/mol. The highest BCUT2D eigenvalue weighted by Gasteiger charge is 2.31. The van der Waals surface area contributed by atoms with Gasteiger partial charge < -0.3 is 25.8 Å². The van der Waals surface area contributed by atoms with Gasteiger partial charge >= 0.3 is 5.97 Å². The van der Waals surface area contributed by atoms with E-state index in [2.05, 4.69) is 16.0 Å². The van der Waals surface area contributed by atoms with Crippen LogP contribution in [-0.4, -0.2) is 70.6 Å². The Morgan fingerprint density at radius 3 is 2.45 bits per heavy atom. The highest BCUT2D eigenvalue weighted by molar-refractivity contribution is 8.76. The van der Waals surface area contributed by atoms with Crippen molar-refractivity contribution in [3.05, 3.63) is 47.5 Å². The van der Waals surface area contributed by atoms with Gasteiger partial charge in [0.1, 0.15) is 18.2 Å². The van der Waals surface area contributed by atoms with Crippen molar-refractivity contribution < 1.29 is 29.0 Å². The first-order valence-corrected chi connectivity index (χ1v) is 15.3. The van der Waals surface area contributed by atoms with Gasteiger partial charge in [0, 0.05) is 24.0 Å². The number of aryl methyl sites for hydroxylation is 1. The van der Waals surface area contributed by atoms with E-state index in [0.717, 1.165) is 11.1 Å². The minimum absolute atomic E-state index is 0.0231. The molecule has 0 fully saturated rings. The van der Waals surface area contributed by atoms with Crippen LogP contribution in [0.3, 0.4) is 0 Å². The number of carbonyl (C=O) groups excluding carboxylic acids is 4. The Hall–Kier alpha value is -2.50. The third kappa shape index (κ3) is 9.67. The number of rotatable bonds is 3. The summed E-state index contributed by atoms with van der Waals surface area (Å²) >= 11 is 0. The highest BCUT2D eigenvalue weighted by Crippen LogP contribution is 2.23. The Labute approximate surface area is 231 Å². The molecule has 0 saturated heterocycles. The smallest absolute Gasteiger partial charge is 0.309 e. The molecular weight excluding hydrogens is 526 g/mol. The predicted octanol–water partition coefficient (Wildman–Crippen LogP) is 2.06. The Balaban J connectivity index is 1.96. The fourth-order valence-electron chi connectivity index (χ4n) is 4.19. The highest BCUT2D eigenvalue weighted by atomic mass is 33.1. The van der Waals surface area contributed by atoms with Gasteiger partial charge in [-0.15, -0.1) is 0 Å². The number of aliphatic hydroxyl groups is 1. The van der Waals surface area contributed by atoms with E-state index in [1.165, 1.54) is 21.6 Å². The van der Waals surface area contributed by atoms with Crippen molar-refractivity contribution >= 4 is 45.3 Å². The fraction of sp³-hybridized carbons (Fsp3) is 0.556. The Bertz CT molecular complexity index is 1020. The lowest BCUT2D eigenvalue weighted by Crippen LogP contribution is -2.57. The minimum atomic E-state index is -1.04. The van der Waals surface area contributed by atoms with Crippen molar-refractivity contribution in [3.63, 3.8) is 0 Å². The standard InChI is InChI=1S/C27H37N3O6S2/c1-16(2)21-12-19(31)13-25(33)36-20-5-4-10-37-38-15-23(27(35)29-21)30-26(34)22(28-24(32)14-20)11-18-8-6-17(3)7-9-18/h4-9,16,19-23,31H,10-15H2,1-3H3,(H,28,32)(H,29,35)(H,30,34)/b5-4+/t19-,20-,21-,22+,23-/m1/s1. The van der Waals surface area contributed by atoms with Crippen LogP contribution in [0.5, 0.6) is 0 Å². The molecule has 1 aromatic carbocycles. The van der Waals surface area contributed by atoms with Crippen molar-refractivity contribution in [2.45, 2.75) is 76.8 Å². The molecule has 0 saturated carbocycles. The Kier molecular flexibility index (Phi) is 11.5. The first kappa shape index (κ1) is 30.0. The van der Waals surface area contributed by atoms with Gasteiger partial charge in [-0.2, -0.15) is 0 Å². The average Bonchev–Trinajstić information content (AvgIpc) is 2.84. The first-order valence-electron chi connectivity index (χ1n) is 12.8. The summed E-state index contributed by atoms with van der Waals surface area (Å²) in [6.07, 6.45) is 1.54. The number of aliphatic hydroxyl groups excluding tert-OH is 1. The van der Waals surface area contributed by atoms with Crippen molar-refractivity contribution in [2.24, 2.45) is 5.92 Å². The summed E-state index contributed by atoms with van der Waals surface area (Å²) in [5.74, 6) is -1.11. The normalized spacial score (nSPS) is 29.1. The lowest BCUT2D eigenvalue weighted by atomic mass is 9.96. The molecule has 1 aromatic rings. The van der Waals surface area contributed by atoms with Crippen LogP contribution in [0.1, 0.15) is 44.2 Å². The van der Waals surface area contributed by atoms with E-state index in [9.17, 15) is 24.3 Å². The van der Waals surface area contributed by atoms with E-state index >= 15 is 0 Å². The van der Waals surface area contributed by atoms with Crippen LogP contribution in [0.4, 0.5) is 0 Å². The third-order valence-corrected chi connectivity index (χ3v) is 8.69. The molecule has 208 valence electrons. The van der Waals surface area contributed by atoms with Crippen LogP contribution in [0.25, 0.3) is 0 Å². The van der Waals surface area contributed by atoms with E-state index in [-0.39, 0.29) is 37.5 Å². The molecule has 2 aliphatic rings. The molecule has 0 aromatic heterocycles. The maximum Gasteiger partial charge on any atom is 0.309 e. The summed E-state index contributed by atoms with van der Waals surface area (Å²) < 4.78 is 5.54. The van der Waals surface area contributed by atoms with Crippen LogP contribution < -0.4 is 16.0 Å². The second-order valence-corrected chi connectivity index (χ2v) is 12.6. The van der Waals surface area contributed by atoms with Gasteiger partial charge in [0.05, 0.1) is 18.9 Å². The van der Waals surface area contributed by atoms with Crippen LogP contribution in [0.15, 0.2) is 36.4 Å². The van der Waals surface area contributed by atoms with Gasteiger partial charge in [0.15, 0.2) is 0 Å². The number of hydrogen-bond donors (Lipinski definition) is 4. The summed E-state index contributed by atoms with van der Waals surface area (Å²) in [5, 5.41) is 19.1. The Morgan fingerprint density at radius 2 is 1.74 bits per heavy atom. The van der Waals surface area contributed by atoms with E-state index in [1.807, 2.05) is 51.1 Å². The van der Waals surface area contributed by atoms with Gasteiger partial charge in [-0.3, -0.25) is 19.2 Å². The molecule has 3 amide bonds. The summed E-state index contributed by atoms with van der Waals surface area (Å²) in [6, 6.07) is 5.46. The SMILES string of the molecule is Cc1ccc(C[C@@H]2NC(=O)C[C@H]3/C=C/CSSC[C@@H](NC2=O)C(=O)N[C@@H](C(C)C)C[C@@H](O)CC(=O)O3)cc1. The lowest BCUT2D eigenvalue weighted by Gasteiger charge is -2.29. The molecule has 2 bridgehead atoms. The van der Waals surface area contributed by atoms with Gasteiger partial charge in [-0.1, -0.05) is 71.3 Å². The topological polar surface area (TPSA) is 134 Å². The summed E-state index contributed by atoms with van der Waals surface area (Å²) in [5.41, 5.74) is 1.93. The number of ether oxygens (including phenoxy) is 1. The number of hydrogen-bond acceptors (Lipinski definition) is 8. The van der Waals surface area contributed by atoms with E-state index in [4.69, 9.17) is 4.74 Å². The quantitative estimate of drug-likeness (QED) is 0.250. The molecule has 3 rings (SSSR count). The van der Waals surface area contributed by atoms with Crippen LogP contribution in [0.2, 0.25) is 0 Å². The molecule has 5 atom stereocenters. The zero-order valence-corrected chi connectivity index (χ0v) is 23.6. The zero-order chi connectivity index (χ0) is 27.7.